The molecule has 1 amide bonds. The van der Waals surface area contributed by atoms with Crippen LogP contribution in [-0.4, -0.2) is 41.9 Å². The molecule has 0 aliphatic heterocycles. The van der Waals surface area contributed by atoms with Gasteiger partial charge in [-0.3, -0.25) is 14.9 Å². The number of nitrogens with zero attached hydrogens (tertiary/aromatic N) is 2. The van der Waals surface area contributed by atoms with Gasteiger partial charge >= 0.3 is 0 Å². The number of nitro benzene ring substituents is 1. The third-order valence-corrected chi connectivity index (χ3v) is 3.61. The van der Waals surface area contributed by atoms with Crippen molar-refractivity contribution in [3.05, 3.63) is 38.9 Å². The van der Waals surface area contributed by atoms with Crippen LogP contribution in [0.1, 0.15) is 24.2 Å². The van der Waals surface area contributed by atoms with Crippen LogP contribution in [0.2, 0.25) is 5.02 Å². The lowest BCUT2D eigenvalue weighted by atomic mass is 10.0. The van der Waals surface area contributed by atoms with Crippen LogP contribution in [0.5, 0.6) is 0 Å². The summed E-state index contributed by atoms with van der Waals surface area (Å²) in [6.07, 6.45) is 0. The Morgan fingerprint density at radius 2 is 2.05 bits per heavy atom. The molecule has 1 rings (SSSR count). The van der Waals surface area contributed by atoms with Crippen molar-refractivity contribution in [2.45, 2.75) is 19.4 Å². The number of benzene rings is 1. The largest absolute Gasteiger partial charge is 0.350 e. The van der Waals surface area contributed by atoms with Gasteiger partial charge in [0.2, 0.25) is 0 Å². The quantitative estimate of drug-likeness (QED) is 0.669. The molecule has 0 bridgehead atoms. The maximum absolute atomic E-state index is 12.0. The van der Waals surface area contributed by atoms with Crippen LogP contribution in [0.15, 0.2) is 18.2 Å². The molecule has 0 unspecified atom stereocenters. The first-order valence-corrected chi connectivity index (χ1v) is 6.42. The number of rotatable bonds is 5. The van der Waals surface area contributed by atoms with Crippen LogP contribution in [0.3, 0.4) is 0 Å². The zero-order valence-electron chi connectivity index (χ0n) is 11.9. The standard InChI is InChI=1S/C13H18ClN3O3/c1-13(2,16(3)4)8-15-12(18)10-6-5-9(17(19)20)7-11(10)14/h5-7H,8H2,1-4H3,(H,15,18). The molecule has 110 valence electrons. The number of carbonyl (C=O) groups is 1. The van der Waals surface area contributed by atoms with Crippen LogP contribution < -0.4 is 5.32 Å². The van der Waals surface area contributed by atoms with Crippen molar-refractivity contribution >= 4 is 23.2 Å². The van der Waals surface area contributed by atoms with E-state index in [-0.39, 0.29) is 27.7 Å². The van der Waals surface area contributed by atoms with Crippen LogP contribution in [0.25, 0.3) is 0 Å². The van der Waals surface area contributed by atoms with Crippen molar-refractivity contribution in [3.63, 3.8) is 0 Å². The van der Waals surface area contributed by atoms with Gasteiger partial charge in [0.05, 0.1) is 15.5 Å². The first-order valence-electron chi connectivity index (χ1n) is 6.05. The van der Waals surface area contributed by atoms with Gasteiger partial charge in [-0.05, 0) is 34.0 Å². The van der Waals surface area contributed by atoms with Crippen molar-refractivity contribution in [2.75, 3.05) is 20.6 Å². The summed E-state index contributed by atoms with van der Waals surface area (Å²) in [5, 5.41) is 13.5. The van der Waals surface area contributed by atoms with Crippen LogP contribution in [0, 0.1) is 10.1 Å². The fourth-order valence-electron chi connectivity index (χ4n) is 1.35. The molecule has 0 radical (unpaired) electrons. The highest BCUT2D eigenvalue weighted by Crippen LogP contribution is 2.22. The Labute approximate surface area is 122 Å². The molecule has 0 saturated carbocycles. The maximum atomic E-state index is 12.0. The Balaban J connectivity index is 2.81. The van der Waals surface area contributed by atoms with Crippen molar-refractivity contribution in [3.8, 4) is 0 Å². The summed E-state index contributed by atoms with van der Waals surface area (Å²) in [6.45, 7) is 4.42. The summed E-state index contributed by atoms with van der Waals surface area (Å²) in [4.78, 5) is 24.1. The van der Waals surface area contributed by atoms with E-state index in [1.54, 1.807) is 0 Å². The molecule has 0 aliphatic carbocycles. The fraction of sp³-hybridized carbons (Fsp3) is 0.462. The molecule has 0 heterocycles. The van der Waals surface area contributed by atoms with E-state index in [9.17, 15) is 14.9 Å². The van der Waals surface area contributed by atoms with Gasteiger partial charge in [-0.15, -0.1) is 0 Å². The van der Waals surface area contributed by atoms with Gasteiger partial charge in [0.15, 0.2) is 0 Å². The number of halogens is 1. The van der Waals surface area contributed by atoms with Crippen molar-refractivity contribution < 1.29 is 9.72 Å². The van der Waals surface area contributed by atoms with E-state index in [1.807, 2.05) is 32.8 Å². The highest BCUT2D eigenvalue weighted by molar-refractivity contribution is 6.34. The van der Waals surface area contributed by atoms with Gasteiger partial charge in [-0.2, -0.15) is 0 Å². The molecule has 0 fully saturated rings. The summed E-state index contributed by atoms with van der Waals surface area (Å²) in [5.74, 6) is -0.347. The van der Waals surface area contributed by atoms with Crippen molar-refractivity contribution in [1.29, 1.82) is 0 Å². The van der Waals surface area contributed by atoms with E-state index in [4.69, 9.17) is 11.6 Å². The smallest absolute Gasteiger partial charge is 0.270 e. The number of hydrogen-bond acceptors (Lipinski definition) is 4. The lowest BCUT2D eigenvalue weighted by Crippen LogP contribution is -2.48. The molecule has 0 atom stereocenters. The normalized spacial score (nSPS) is 11.5. The van der Waals surface area contributed by atoms with Crippen molar-refractivity contribution in [2.24, 2.45) is 0 Å². The molecule has 0 aromatic heterocycles. The average Bonchev–Trinajstić information content (AvgIpc) is 2.35. The molecule has 0 saturated heterocycles. The Morgan fingerprint density at radius 1 is 1.45 bits per heavy atom. The Morgan fingerprint density at radius 3 is 2.50 bits per heavy atom. The highest BCUT2D eigenvalue weighted by Gasteiger charge is 2.22. The molecule has 0 spiro atoms. The average molecular weight is 300 g/mol. The minimum atomic E-state index is -0.553. The molecule has 1 N–H and O–H groups in total. The summed E-state index contributed by atoms with van der Waals surface area (Å²) < 4.78 is 0. The van der Waals surface area contributed by atoms with Gasteiger partial charge in [-0.25, -0.2) is 0 Å². The number of likely N-dealkylation sites (N-methyl/N-ethyl adjacent to an activating group) is 1. The SMILES string of the molecule is CN(C)C(C)(C)CNC(=O)c1ccc([N+](=O)[O-])cc1Cl. The van der Waals surface area contributed by atoms with Crippen LogP contribution in [-0.2, 0) is 0 Å². The van der Waals surface area contributed by atoms with Gasteiger partial charge in [0, 0.05) is 24.2 Å². The number of nitrogens with one attached hydrogen (secondary N) is 1. The van der Waals surface area contributed by atoms with E-state index in [2.05, 4.69) is 5.32 Å². The fourth-order valence-corrected chi connectivity index (χ4v) is 1.61. The predicted molar refractivity (Wildman–Crippen MR) is 78.2 cm³/mol. The van der Waals surface area contributed by atoms with E-state index in [0.717, 1.165) is 0 Å². The topological polar surface area (TPSA) is 75.5 Å². The van der Waals surface area contributed by atoms with Crippen LogP contribution in [0.4, 0.5) is 5.69 Å². The summed E-state index contributed by atoms with van der Waals surface area (Å²) in [6, 6.07) is 3.80. The number of nitro groups is 1. The van der Waals surface area contributed by atoms with E-state index in [0.29, 0.717) is 6.54 Å². The summed E-state index contributed by atoms with van der Waals surface area (Å²) >= 11 is 5.91. The second kappa shape index (κ2) is 6.19. The number of non-ortho nitro benzene ring substituents is 1. The molecular formula is C13H18ClN3O3. The molecule has 1 aromatic carbocycles. The van der Waals surface area contributed by atoms with Gasteiger partial charge < -0.3 is 10.2 Å². The first-order chi connectivity index (χ1) is 9.15. The van der Waals surface area contributed by atoms with Gasteiger partial charge in [-0.1, -0.05) is 11.6 Å². The summed E-state index contributed by atoms with van der Waals surface area (Å²) in [5.41, 5.74) is -0.116. The van der Waals surface area contributed by atoms with Gasteiger partial charge in [0.25, 0.3) is 11.6 Å². The molecule has 1 aromatic rings. The van der Waals surface area contributed by atoms with E-state index >= 15 is 0 Å². The third kappa shape index (κ3) is 3.91. The molecule has 6 nitrogen and oxygen atoms in total. The number of hydrogen-bond donors (Lipinski definition) is 1. The van der Waals surface area contributed by atoms with Gasteiger partial charge in [0.1, 0.15) is 0 Å². The monoisotopic (exact) mass is 299 g/mol. The Kier molecular flexibility index (Phi) is 5.08. The molecule has 20 heavy (non-hydrogen) atoms. The zero-order valence-corrected chi connectivity index (χ0v) is 12.7. The predicted octanol–water partition coefficient (Wildman–Crippen LogP) is 2.32. The van der Waals surface area contributed by atoms with E-state index < -0.39 is 4.92 Å². The number of carbonyl (C=O) groups excluding carboxylic acids is 1. The minimum absolute atomic E-state index is 0.0689. The first kappa shape index (κ1) is 16.4. The number of amides is 1. The second-order valence-electron chi connectivity index (χ2n) is 5.31. The van der Waals surface area contributed by atoms with E-state index in [1.165, 1.54) is 18.2 Å². The lowest BCUT2D eigenvalue weighted by molar-refractivity contribution is -0.384. The summed E-state index contributed by atoms with van der Waals surface area (Å²) in [7, 11) is 3.84. The molecule has 0 aliphatic rings. The molecule has 7 heteroatoms. The van der Waals surface area contributed by atoms with Crippen molar-refractivity contribution in [1.82, 2.24) is 10.2 Å². The highest BCUT2D eigenvalue weighted by atomic mass is 35.5. The lowest BCUT2D eigenvalue weighted by Gasteiger charge is -2.32. The second-order valence-corrected chi connectivity index (χ2v) is 5.72. The minimum Gasteiger partial charge on any atom is -0.350 e. The maximum Gasteiger partial charge on any atom is 0.270 e. The third-order valence-electron chi connectivity index (χ3n) is 3.30. The molecular weight excluding hydrogens is 282 g/mol. The Bertz CT molecular complexity index is 530. The van der Waals surface area contributed by atoms with Crippen LogP contribution >= 0.6 is 11.6 Å². The zero-order chi connectivity index (χ0) is 15.5. The Hall–Kier alpha value is -1.66.